The van der Waals surface area contributed by atoms with Crippen LogP contribution in [0.5, 0.6) is 5.75 Å². The lowest BCUT2D eigenvalue weighted by Crippen LogP contribution is -2.54. The van der Waals surface area contributed by atoms with Gasteiger partial charge in [-0.05, 0) is 60.6 Å². The summed E-state index contributed by atoms with van der Waals surface area (Å²) < 4.78 is 106. The number of hydrogen-bond donors (Lipinski definition) is 2. The Kier molecular flexibility index (Phi) is 7.78. The molecule has 0 radical (unpaired) electrons. The first-order valence-electron chi connectivity index (χ1n) is 12.7. The number of nitrogens with zero attached hydrogens (tertiary/aromatic N) is 1. The van der Waals surface area contributed by atoms with Crippen molar-refractivity contribution in [3.8, 4) is 5.75 Å². The number of carbonyl (C=O) groups excluding carboxylic acids is 1. The van der Waals surface area contributed by atoms with E-state index < -0.39 is 52.6 Å². The van der Waals surface area contributed by atoms with Crippen LogP contribution in [0.15, 0.2) is 36.0 Å². The molecule has 4 rings (SSSR count). The van der Waals surface area contributed by atoms with Crippen molar-refractivity contribution in [1.82, 2.24) is 4.90 Å². The van der Waals surface area contributed by atoms with Gasteiger partial charge in [0, 0.05) is 29.1 Å². The van der Waals surface area contributed by atoms with Crippen molar-refractivity contribution < 1.29 is 45.0 Å². The van der Waals surface area contributed by atoms with Gasteiger partial charge in [-0.3, -0.25) is 4.90 Å². The minimum Gasteiger partial charge on any atom is -0.496 e. The Labute approximate surface area is 231 Å². The van der Waals surface area contributed by atoms with Crippen molar-refractivity contribution >= 4 is 17.9 Å². The smallest absolute Gasteiger partial charge is 0.416 e. The van der Waals surface area contributed by atoms with E-state index in [9.17, 15) is 35.5 Å². The number of cyclic esters (lactones) is 1. The molecule has 222 valence electrons. The van der Waals surface area contributed by atoms with Crippen LogP contribution in [0.4, 0.5) is 35.5 Å². The first-order valence-corrected chi connectivity index (χ1v) is 12.7. The third-order valence-electron chi connectivity index (χ3n) is 7.65. The monoisotopic (exact) mass is 587 g/mol. The number of methoxy groups -OCH3 is 1. The molecule has 3 N–H and O–H groups in total. The molecule has 1 spiro atoms. The zero-order chi connectivity index (χ0) is 30.5. The van der Waals surface area contributed by atoms with Crippen molar-refractivity contribution in [3.63, 3.8) is 0 Å². The molecular formula is C28H28F7N3O3. The van der Waals surface area contributed by atoms with Crippen LogP contribution in [0.1, 0.15) is 72.9 Å². The summed E-state index contributed by atoms with van der Waals surface area (Å²) in [5.41, 5.74) is 2.35. The Balaban J connectivity index is 1.78. The maximum Gasteiger partial charge on any atom is 0.416 e. The highest BCUT2D eigenvalue weighted by atomic mass is 19.4. The van der Waals surface area contributed by atoms with Crippen LogP contribution in [0.25, 0.3) is 5.57 Å². The molecule has 2 aromatic carbocycles. The van der Waals surface area contributed by atoms with Gasteiger partial charge in [-0.2, -0.15) is 26.3 Å². The summed E-state index contributed by atoms with van der Waals surface area (Å²) in [4.78, 5) is 14.3. The predicted molar refractivity (Wildman–Crippen MR) is 136 cm³/mol. The highest BCUT2D eigenvalue weighted by Crippen LogP contribution is 2.54. The zero-order valence-corrected chi connectivity index (χ0v) is 22.3. The summed E-state index contributed by atoms with van der Waals surface area (Å²) in [5.74, 6) is -0.672. The Morgan fingerprint density at radius 2 is 1.71 bits per heavy atom. The van der Waals surface area contributed by atoms with E-state index in [4.69, 9.17) is 20.6 Å². The second-order valence-electron chi connectivity index (χ2n) is 10.5. The predicted octanol–water partition coefficient (Wildman–Crippen LogP) is 7.43. The highest BCUT2D eigenvalue weighted by molar-refractivity contribution is 6.10. The number of benzene rings is 2. The molecule has 2 fully saturated rings. The average molecular weight is 588 g/mol. The minimum atomic E-state index is -5.07. The van der Waals surface area contributed by atoms with Crippen LogP contribution < -0.4 is 10.5 Å². The van der Waals surface area contributed by atoms with Crippen LogP contribution in [0, 0.1) is 11.2 Å². The van der Waals surface area contributed by atoms with Crippen molar-refractivity contribution in [1.29, 1.82) is 5.41 Å². The van der Waals surface area contributed by atoms with Crippen LogP contribution >= 0.6 is 0 Å². The molecule has 1 saturated heterocycles. The average Bonchev–Trinajstić information content (AvgIpc) is 3.15. The Morgan fingerprint density at radius 3 is 2.15 bits per heavy atom. The zero-order valence-electron chi connectivity index (χ0n) is 22.3. The molecule has 1 atom stereocenters. The molecule has 1 unspecified atom stereocenters. The summed E-state index contributed by atoms with van der Waals surface area (Å²) in [7, 11) is 1.31. The van der Waals surface area contributed by atoms with E-state index >= 15 is 0 Å². The molecule has 2 aromatic rings. The van der Waals surface area contributed by atoms with E-state index in [2.05, 4.69) is 0 Å². The van der Waals surface area contributed by atoms with E-state index in [1.54, 1.807) is 13.8 Å². The number of amides is 1. The number of alkyl halides is 6. The lowest BCUT2D eigenvalue weighted by atomic mass is 9.70. The second kappa shape index (κ2) is 10.6. The topological polar surface area (TPSA) is 88.6 Å². The molecule has 0 bridgehead atoms. The van der Waals surface area contributed by atoms with Gasteiger partial charge in [0.15, 0.2) is 6.10 Å². The summed E-state index contributed by atoms with van der Waals surface area (Å²) in [6.45, 7) is 3.19. The lowest BCUT2D eigenvalue weighted by Gasteiger charge is -2.46. The number of halogens is 7. The summed E-state index contributed by atoms with van der Waals surface area (Å²) >= 11 is 0. The van der Waals surface area contributed by atoms with E-state index in [1.807, 2.05) is 0 Å². The Hall–Kier alpha value is -3.77. The molecule has 41 heavy (non-hydrogen) atoms. The van der Waals surface area contributed by atoms with Crippen LogP contribution in [0.2, 0.25) is 0 Å². The third kappa shape index (κ3) is 5.45. The van der Waals surface area contributed by atoms with E-state index in [-0.39, 0.29) is 54.0 Å². The number of nitrogens with two attached hydrogens (primary N) is 1. The highest BCUT2D eigenvalue weighted by Gasteiger charge is 2.59. The molecular weight excluding hydrogens is 559 g/mol. The van der Waals surface area contributed by atoms with Crippen LogP contribution in [0.3, 0.4) is 0 Å². The third-order valence-corrected chi connectivity index (χ3v) is 7.65. The van der Waals surface area contributed by atoms with Crippen molar-refractivity contribution in [3.05, 3.63) is 69.7 Å². The van der Waals surface area contributed by atoms with Crippen LogP contribution in [-0.2, 0) is 17.1 Å². The standard InChI is InChI=1S/C28H28F7N3O3/c1-14(2)18-10-19(23(40-3)11-21(18)29)20(12-36)22(37)13-38-25(39)41-24(26(38)5-4-6-26)15-7-16(27(30,31)32)9-17(8-15)28(33,34)35/h7-12,14,24,36H,4-6,13,37H2,1-3H3/b22-20+,36-12?. The molecule has 1 aliphatic heterocycles. The first-order chi connectivity index (χ1) is 19.0. The molecule has 1 amide bonds. The second-order valence-corrected chi connectivity index (χ2v) is 10.5. The summed E-state index contributed by atoms with van der Waals surface area (Å²) in [6, 6.07) is 3.79. The van der Waals surface area contributed by atoms with Gasteiger partial charge < -0.3 is 20.6 Å². The maximum absolute atomic E-state index is 14.6. The summed E-state index contributed by atoms with van der Waals surface area (Å²) in [5, 5.41) is 7.99. The lowest BCUT2D eigenvalue weighted by molar-refractivity contribution is -0.143. The fourth-order valence-corrected chi connectivity index (χ4v) is 5.39. The van der Waals surface area contributed by atoms with Gasteiger partial charge in [0.1, 0.15) is 11.6 Å². The van der Waals surface area contributed by atoms with E-state index in [0.29, 0.717) is 24.1 Å². The number of allylic oxidation sites excluding steroid dienone is 1. The molecule has 13 heteroatoms. The first kappa shape index (κ1) is 30.2. The normalized spacial score (nSPS) is 19.2. The molecule has 1 aliphatic carbocycles. The number of ether oxygens (including phenoxy) is 2. The minimum absolute atomic E-state index is 0.0179. The van der Waals surface area contributed by atoms with Crippen molar-refractivity contribution in [2.24, 2.45) is 5.73 Å². The molecule has 6 nitrogen and oxygen atoms in total. The number of nitrogens with one attached hydrogen (secondary N) is 1. The van der Waals surface area contributed by atoms with Crippen LogP contribution in [-0.4, -0.2) is 36.4 Å². The van der Waals surface area contributed by atoms with Gasteiger partial charge in [0.25, 0.3) is 0 Å². The van der Waals surface area contributed by atoms with Crippen molar-refractivity contribution in [2.45, 2.75) is 63.0 Å². The quantitative estimate of drug-likeness (QED) is 0.261. The largest absolute Gasteiger partial charge is 0.496 e. The number of hydrogen-bond acceptors (Lipinski definition) is 5. The fraction of sp³-hybridized carbons (Fsp3) is 0.429. The van der Waals surface area contributed by atoms with Gasteiger partial charge in [-0.15, -0.1) is 0 Å². The summed E-state index contributed by atoms with van der Waals surface area (Å²) in [6.07, 6.45) is -10.6. The molecule has 1 saturated carbocycles. The fourth-order valence-electron chi connectivity index (χ4n) is 5.39. The molecule has 0 aromatic heterocycles. The maximum atomic E-state index is 14.6. The van der Waals surface area contributed by atoms with Gasteiger partial charge in [0.2, 0.25) is 0 Å². The van der Waals surface area contributed by atoms with Crippen molar-refractivity contribution in [2.75, 3.05) is 13.7 Å². The molecule has 1 heterocycles. The van der Waals surface area contributed by atoms with Gasteiger partial charge in [-0.25, -0.2) is 9.18 Å². The van der Waals surface area contributed by atoms with E-state index in [1.165, 1.54) is 18.1 Å². The Morgan fingerprint density at radius 1 is 1.12 bits per heavy atom. The SMILES string of the molecule is COc1cc(F)c(C(C)C)cc1/C(C=N)=C(/N)CN1C(=O)OC(c2cc(C(F)(F)F)cc(C(F)(F)F)c2)C12CCC2. The molecule has 2 aliphatic rings. The number of rotatable bonds is 7. The van der Waals surface area contributed by atoms with Gasteiger partial charge >= 0.3 is 18.4 Å². The number of carbonyl (C=O) groups is 1. The van der Waals surface area contributed by atoms with Gasteiger partial charge in [0.05, 0.1) is 30.3 Å². The van der Waals surface area contributed by atoms with E-state index in [0.717, 1.165) is 12.3 Å². The van der Waals surface area contributed by atoms with Gasteiger partial charge in [-0.1, -0.05) is 13.8 Å². The Bertz CT molecular complexity index is 1360.